The molecular weight excluding hydrogens is 252 g/mol. The summed E-state index contributed by atoms with van der Waals surface area (Å²) in [5.41, 5.74) is 7.41. The summed E-state index contributed by atoms with van der Waals surface area (Å²) >= 11 is 3.49. The van der Waals surface area contributed by atoms with Crippen LogP contribution in [-0.4, -0.2) is 25.0 Å². The Balaban J connectivity index is 2.99. The fraction of sp³-hybridized carbons (Fsp3) is 0.500. The molecule has 0 amide bonds. The molecule has 0 heterocycles. The van der Waals surface area contributed by atoms with Crippen LogP contribution in [0.2, 0.25) is 0 Å². The molecule has 2 unspecified atom stereocenters. The SMILES string of the molecule is CCC(N)C(c1cccc(Br)c1)N(C)C. The van der Waals surface area contributed by atoms with Gasteiger partial charge in [0, 0.05) is 16.6 Å². The van der Waals surface area contributed by atoms with E-state index in [0.717, 1.165) is 10.9 Å². The maximum Gasteiger partial charge on any atom is 0.0494 e. The summed E-state index contributed by atoms with van der Waals surface area (Å²) in [6.07, 6.45) is 0.982. The lowest BCUT2D eigenvalue weighted by Gasteiger charge is -2.29. The molecule has 0 radical (unpaired) electrons. The topological polar surface area (TPSA) is 29.3 Å². The maximum absolute atomic E-state index is 6.14. The van der Waals surface area contributed by atoms with E-state index in [0.29, 0.717) is 0 Å². The van der Waals surface area contributed by atoms with Crippen LogP contribution in [0.4, 0.5) is 0 Å². The van der Waals surface area contributed by atoms with Gasteiger partial charge in [-0.25, -0.2) is 0 Å². The first-order chi connectivity index (χ1) is 7.06. The standard InChI is InChI=1S/C12H19BrN2/c1-4-11(14)12(15(2)3)9-6-5-7-10(13)8-9/h5-8,11-12H,4,14H2,1-3H3. The molecule has 0 bridgehead atoms. The van der Waals surface area contributed by atoms with Crippen LogP contribution >= 0.6 is 15.9 Å². The van der Waals surface area contributed by atoms with Crippen LogP contribution in [0.25, 0.3) is 0 Å². The van der Waals surface area contributed by atoms with E-state index in [9.17, 15) is 0 Å². The summed E-state index contributed by atoms with van der Waals surface area (Å²) in [6, 6.07) is 8.82. The van der Waals surface area contributed by atoms with E-state index in [1.54, 1.807) is 0 Å². The quantitative estimate of drug-likeness (QED) is 0.912. The highest BCUT2D eigenvalue weighted by Crippen LogP contribution is 2.25. The molecule has 1 rings (SSSR count). The number of likely N-dealkylation sites (N-methyl/N-ethyl adjacent to an activating group) is 1. The Morgan fingerprint density at radius 1 is 1.40 bits per heavy atom. The predicted octanol–water partition coefficient (Wildman–Crippen LogP) is 2.79. The Hall–Kier alpha value is -0.380. The summed E-state index contributed by atoms with van der Waals surface area (Å²) in [5.74, 6) is 0. The molecule has 2 atom stereocenters. The molecule has 84 valence electrons. The molecule has 0 aromatic heterocycles. The van der Waals surface area contributed by atoms with E-state index in [1.807, 2.05) is 6.07 Å². The van der Waals surface area contributed by atoms with Gasteiger partial charge in [-0.2, -0.15) is 0 Å². The number of hydrogen-bond acceptors (Lipinski definition) is 2. The van der Waals surface area contributed by atoms with E-state index in [2.05, 4.69) is 60.0 Å². The number of hydrogen-bond donors (Lipinski definition) is 1. The van der Waals surface area contributed by atoms with Crippen molar-refractivity contribution in [3.63, 3.8) is 0 Å². The molecule has 0 spiro atoms. The highest BCUT2D eigenvalue weighted by Gasteiger charge is 2.20. The summed E-state index contributed by atoms with van der Waals surface area (Å²) in [7, 11) is 4.14. The van der Waals surface area contributed by atoms with Crippen LogP contribution in [-0.2, 0) is 0 Å². The van der Waals surface area contributed by atoms with E-state index < -0.39 is 0 Å². The van der Waals surface area contributed by atoms with Crippen LogP contribution < -0.4 is 5.73 Å². The zero-order valence-electron chi connectivity index (χ0n) is 9.57. The molecule has 2 N–H and O–H groups in total. The molecule has 0 saturated carbocycles. The third-order valence-corrected chi connectivity index (χ3v) is 3.12. The van der Waals surface area contributed by atoms with Gasteiger partial charge in [0.25, 0.3) is 0 Å². The lowest BCUT2D eigenvalue weighted by Crippen LogP contribution is -2.36. The van der Waals surface area contributed by atoms with Gasteiger partial charge in [0.2, 0.25) is 0 Å². The second-order valence-corrected chi connectivity index (χ2v) is 4.95. The van der Waals surface area contributed by atoms with Crippen molar-refractivity contribution >= 4 is 15.9 Å². The molecule has 0 saturated heterocycles. The van der Waals surface area contributed by atoms with Crippen LogP contribution in [0.15, 0.2) is 28.7 Å². The zero-order chi connectivity index (χ0) is 11.4. The molecule has 1 aromatic carbocycles. The number of nitrogens with zero attached hydrogens (tertiary/aromatic N) is 1. The van der Waals surface area contributed by atoms with E-state index >= 15 is 0 Å². The largest absolute Gasteiger partial charge is 0.326 e. The Morgan fingerprint density at radius 2 is 2.07 bits per heavy atom. The number of benzene rings is 1. The van der Waals surface area contributed by atoms with Crippen molar-refractivity contribution in [1.29, 1.82) is 0 Å². The van der Waals surface area contributed by atoms with Gasteiger partial charge in [-0.05, 0) is 38.2 Å². The van der Waals surface area contributed by atoms with Crippen molar-refractivity contribution in [1.82, 2.24) is 4.90 Å². The Bertz CT molecular complexity index is 312. The zero-order valence-corrected chi connectivity index (χ0v) is 11.2. The molecule has 0 fully saturated rings. The van der Waals surface area contributed by atoms with E-state index in [-0.39, 0.29) is 12.1 Å². The minimum atomic E-state index is 0.175. The number of nitrogens with two attached hydrogens (primary N) is 1. The first kappa shape index (κ1) is 12.7. The van der Waals surface area contributed by atoms with Crippen molar-refractivity contribution in [2.24, 2.45) is 5.73 Å². The van der Waals surface area contributed by atoms with Crippen molar-refractivity contribution in [3.8, 4) is 0 Å². The fourth-order valence-corrected chi connectivity index (χ4v) is 2.26. The van der Waals surface area contributed by atoms with Crippen molar-refractivity contribution in [2.45, 2.75) is 25.4 Å². The maximum atomic E-state index is 6.14. The highest BCUT2D eigenvalue weighted by atomic mass is 79.9. The molecule has 0 aliphatic heterocycles. The lowest BCUT2D eigenvalue weighted by molar-refractivity contribution is 0.253. The second-order valence-electron chi connectivity index (χ2n) is 4.04. The van der Waals surface area contributed by atoms with Gasteiger partial charge in [0.15, 0.2) is 0 Å². The third kappa shape index (κ3) is 3.30. The Morgan fingerprint density at radius 3 is 2.53 bits per heavy atom. The number of halogens is 1. The van der Waals surface area contributed by atoms with E-state index in [1.165, 1.54) is 5.56 Å². The van der Waals surface area contributed by atoms with Crippen molar-refractivity contribution in [3.05, 3.63) is 34.3 Å². The summed E-state index contributed by atoms with van der Waals surface area (Å²) in [6.45, 7) is 2.12. The minimum Gasteiger partial charge on any atom is -0.326 e. The molecule has 0 aliphatic rings. The fourth-order valence-electron chi connectivity index (χ4n) is 1.84. The smallest absolute Gasteiger partial charge is 0.0494 e. The average Bonchev–Trinajstić information content (AvgIpc) is 2.17. The molecule has 0 aliphatic carbocycles. The Labute approximate surface area is 101 Å². The monoisotopic (exact) mass is 270 g/mol. The minimum absolute atomic E-state index is 0.175. The van der Waals surface area contributed by atoms with E-state index in [4.69, 9.17) is 5.73 Å². The van der Waals surface area contributed by atoms with Gasteiger partial charge < -0.3 is 10.6 Å². The first-order valence-electron chi connectivity index (χ1n) is 5.23. The molecule has 3 heteroatoms. The Kier molecular flexibility index (Phi) is 4.77. The van der Waals surface area contributed by atoms with Crippen LogP contribution in [0.1, 0.15) is 24.9 Å². The number of rotatable bonds is 4. The predicted molar refractivity (Wildman–Crippen MR) is 68.8 cm³/mol. The van der Waals surface area contributed by atoms with Crippen molar-refractivity contribution in [2.75, 3.05) is 14.1 Å². The molecule has 15 heavy (non-hydrogen) atoms. The van der Waals surface area contributed by atoms with Gasteiger partial charge in [-0.15, -0.1) is 0 Å². The van der Waals surface area contributed by atoms with Crippen LogP contribution in [0, 0.1) is 0 Å². The normalized spacial score (nSPS) is 15.3. The summed E-state index contributed by atoms with van der Waals surface area (Å²) in [4.78, 5) is 2.18. The third-order valence-electron chi connectivity index (χ3n) is 2.62. The summed E-state index contributed by atoms with van der Waals surface area (Å²) in [5, 5.41) is 0. The van der Waals surface area contributed by atoms with Crippen molar-refractivity contribution < 1.29 is 0 Å². The average molecular weight is 271 g/mol. The summed E-state index contributed by atoms with van der Waals surface area (Å²) < 4.78 is 1.11. The molecular formula is C12H19BrN2. The first-order valence-corrected chi connectivity index (χ1v) is 6.03. The van der Waals surface area contributed by atoms with Crippen LogP contribution in [0.5, 0.6) is 0 Å². The van der Waals surface area contributed by atoms with Gasteiger partial charge in [0.1, 0.15) is 0 Å². The molecule has 2 nitrogen and oxygen atoms in total. The molecule has 1 aromatic rings. The highest BCUT2D eigenvalue weighted by molar-refractivity contribution is 9.10. The van der Waals surface area contributed by atoms with Gasteiger partial charge >= 0.3 is 0 Å². The second kappa shape index (κ2) is 5.64. The van der Waals surface area contributed by atoms with Gasteiger partial charge in [0.05, 0.1) is 0 Å². The van der Waals surface area contributed by atoms with Gasteiger partial charge in [-0.1, -0.05) is 35.0 Å². The lowest BCUT2D eigenvalue weighted by atomic mass is 9.97. The van der Waals surface area contributed by atoms with Crippen LogP contribution in [0.3, 0.4) is 0 Å². The van der Waals surface area contributed by atoms with Gasteiger partial charge in [-0.3, -0.25) is 0 Å².